The van der Waals surface area contributed by atoms with E-state index in [1.54, 1.807) is 0 Å². The van der Waals surface area contributed by atoms with Gasteiger partial charge in [0.25, 0.3) is 0 Å². The van der Waals surface area contributed by atoms with Gasteiger partial charge in [-0.15, -0.1) is 0 Å². The van der Waals surface area contributed by atoms with Gasteiger partial charge in [0, 0.05) is 12.1 Å². The summed E-state index contributed by atoms with van der Waals surface area (Å²) in [7, 11) is -3.34. The van der Waals surface area contributed by atoms with Crippen molar-refractivity contribution in [3.63, 3.8) is 0 Å². The van der Waals surface area contributed by atoms with Gasteiger partial charge in [-0.05, 0) is 26.0 Å². The largest absolute Gasteiger partial charge is 0.497 e. The number of nitrogens with zero attached hydrogens (tertiary/aromatic N) is 1. The summed E-state index contributed by atoms with van der Waals surface area (Å²) in [6.45, 7) is 1.98. The number of alkyl halides is 3. The summed E-state index contributed by atoms with van der Waals surface area (Å²) in [5.41, 5.74) is -1.20. The van der Waals surface area contributed by atoms with Crippen LogP contribution in [0.3, 0.4) is 0 Å². The molecule has 0 heterocycles. The number of benzene rings is 1. The minimum atomic E-state index is -4.77. The Morgan fingerprint density at radius 3 is 2.26 bits per heavy atom. The number of methoxy groups -OCH3 is 1. The third-order valence-electron chi connectivity index (χ3n) is 2.92. The monoisotopic (exact) mass is 355 g/mol. The third kappa shape index (κ3) is 4.58. The summed E-state index contributed by atoms with van der Waals surface area (Å²) in [5.74, 6) is -1.71. The highest BCUT2D eigenvalue weighted by molar-refractivity contribution is 7.89. The van der Waals surface area contributed by atoms with E-state index in [1.807, 2.05) is 0 Å². The lowest BCUT2D eigenvalue weighted by Crippen LogP contribution is -2.40. The number of carbonyl (C=O) groups is 1. The molecule has 1 rings (SSSR count). The molecule has 0 fully saturated rings. The summed E-state index contributed by atoms with van der Waals surface area (Å²) in [6.07, 6.45) is -4.77. The van der Waals surface area contributed by atoms with Crippen LogP contribution in [0.4, 0.5) is 13.2 Å². The van der Waals surface area contributed by atoms with Crippen molar-refractivity contribution in [2.24, 2.45) is 0 Å². The van der Waals surface area contributed by atoms with Crippen LogP contribution < -0.4 is 4.74 Å². The van der Waals surface area contributed by atoms with E-state index < -0.39 is 45.2 Å². The van der Waals surface area contributed by atoms with E-state index in [9.17, 15) is 26.4 Å². The number of carboxylic acids is 1. The number of carboxylic acid groups (broad SMARTS) is 1. The molecule has 0 saturated carbocycles. The van der Waals surface area contributed by atoms with E-state index in [0.717, 1.165) is 13.2 Å². The number of aliphatic carboxylic acids is 1. The second-order valence-electron chi connectivity index (χ2n) is 4.93. The molecule has 0 aromatic heterocycles. The van der Waals surface area contributed by atoms with Gasteiger partial charge in [-0.1, -0.05) is 0 Å². The molecule has 0 aliphatic carbocycles. The second kappa shape index (κ2) is 6.75. The van der Waals surface area contributed by atoms with Crippen LogP contribution in [0.2, 0.25) is 0 Å². The summed E-state index contributed by atoms with van der Waals surface area (Å²) < 4.78 is 69.0. The fourth-order valence-electron chi connectivity index (χ4n) is 1.82. The van der Waals surface area contributed by atoms with Crippen LogP contribution in [0, 0.1) is 0 Å². The highest BCUT2D eigenvalue weighted by atomic mass is 32.2. The first-order valence-corrected chi connectivity index (χ1v) is 7.83. The van der Waals surface area contributed by atoms with Crippen molar-refractivity contribution in [3.05, 3.63) is 23.8 Å². The molecule has 6 nitrogen and oxygen atoms in total. The van der Waals surface area contributed by atoms with Crippen LogP contribution in [0.25, 0.3) is 0 Å². The van der Waals surface area contributed by atoms with Gasteiger partial charge in [-0.25, -0.2) is 8.42 Å². The molecule has 0 bridgehead atoms. The van der Waals surface area contributed by atoms with Crippen molar-refractivity contribution in [1.82, 2.24) is 4.31 Å². The molecule has 0 unspecified atom stereocenters. The second-order valence-corrected chi connectivity index (χ2v) is 6.82. The number of rotatable bonds is 6. The maximum absolute atomic E-state index is 12.9. The van der Waals surface area contributed by atoms with Crippen LogP contribution in [-0.2, 0) is 21.0 Å². The fourth-order valence-corrected chi connectivity index (χ4v) is 3.46. The fraction of sp³-hybridized carbons (Fsp3) is 0.462. The molecule has 1 N–H and O–H groups in total. The average molecular weight is 355 g/mol. The Morgan fingerprint density at radius 2 is 1.87 bits per heavy atom. The summed E-state index contributed by atoms with van der Waals surface area (Å²) >= 11 is 0. The molecule has 23 heavy (non-hydrogen) atoms. The Morgan fingerprint density at radius 1 is 1.30 bits per heavy atom. The first kappa shape index (κ1) is 19.2. The zero-order valence-corrected chi connectivity index (χ0v) is 13.4. The zero-order valence-electron chi connectivity index (χ0n) is 12.6. The predicted molar refractivity (Wildman–Crippen MR) is 74.7 cm³/mol. The van der Waals surface area contributed by atoms with Crippen LogP contribution >= 0.6 is 0 Å². The normalized spacial score (nSPS) is 12.7. The van der Waals surface area contributed by atoms with Gasteiger partial charge in [-0.2, -0.15) is 17.5 Å². The maximum atomic E-state index is 12.9. The molecule has 130 valence electrons. The molecule has 0 aliphatic heterocycles. The number of hydrogen-bond donors (Lipinski definition) is 1. The molecule has 0 spiro atoms. The lowest BCUT2D eigenvalue weighted by Gasteiger charge is -2.24. The molecule has 0 atom stereocenters. The minimum absolute atomic E-state index is 0.294. The van der Waals surface area contributed by atoms with Gasteiger partial charge in [0.15, 0.2) is 0 Å². The minimum Gasteiger partial charge on any atom is -0.497 e. The Balaban J connectivity index is 3.50. The number of sulfonamides is 1. The predicted octanol–water partition coefficient (Wildman–Crippen LogP) is 2.20. The standard InChI is InChI=1S/C13H16F3NO5S/c1-8(2)17(7-12(18)19)23(20,21)11-5-9(13(14,15)16)4-10(6-11)22-3/h4-6,8H,7H2,1-3H3,(H,18,19). The van der Waals surface area contributed by atoms with Crippen molar-refractivity contribution < 1.29 is 36.2 Å². The Hall–Kier alpha value is -1.81. The molecule has 0 saturated heterocycles. The summed E-state index contributed by atoms with van der Waals surface area (Å²) in [5, 5.41) is 8.82. The molecule has 1 aromatic carbocycles. The van der Waals surface area contributed by atoms with E-state index in [1.165, 1.54) is 13.8 Å². The maximum Gasteiger partial charge on any atom is 0.416 e. The lowest BCUT2D eigenvalue weighted by molar-refractivity contribution is -0.138. The molecular weight excluding hydrogens is 339 g/mol. The van der Waals surface area contributed by atoms with Gasteiger partial charge in [-0.3, -0.25) is 4.79 Å². The van der Waals surface area contributed by atoms with Crippen LogP contribution in [0.15, 0.2) is 23.1 Å². The average Bonchev–Trinajstić information content (AvgIpc) is 2.42. The van der Waals surface area contributed by atoms with E-state index in [0.29, 0.717) is 16.4 Å². The topological polar surface area (TPSA) is 83.9 Å². The smallest absolute Gasteiger partial charge is 0.416 e. The van der Waals surface area contributed by atoms with Crippen molar-refractivity contribution in [1.29, 1.82) is 0 Å². The molecule has 10 heteroatoms. The van der Waals surface area contributed by atoms with E-state index in [2.05, 4.69) is 0 Å². The molecule has 1 aromatic rings. The highest BCUT2D eigenvalue weighted by Gasteiger charge is 2.35. The van der Waals surface area contributed by atoms with Crippen LogP contribution in [0.5, 0.6) is 5.75 Å². The van der Waals surface area contributed by atoms with Crippen molar-refractivity contribution in [2.75, 3.05) is 13.7 Å². The first-order chi connectivity index (χ1) is 10.4. The van der Waals surface area contributed by atoms with Crippen LogP contribution in [0.1, 0.15) is 19.4 Å². The number of ether oxygens (including phenoxy) is 1. The SMILES string of the molecule is COc1cc(C(F)(F)F)cc(S(=O)(=O)N(CC(=O)O)C(C)C)c1. The van der Waals surface area contributed by atoms with Gasteiger partial charge < -0.3 is 9.84 Å². The Kier molecular flexibility index (Phi) is 5.65. The quantitative estimate of drug-likeness (QED) is 0.846. The molecule has 0 aliphatic rings. The Bertz CT molecular complexity index is 685. The van der Waals surface area contributed by atoms with Crippen molar-refractivity contribution in [2.45, 2.75) is 31.0 Å². The zero-order chi connectivity index (χ0) is 18.0. The van der Waals surface area contributed by atoms with E-state index in [4.69, 9.17) is 9.84 Å². The number of halogens is 3. The van der Waals surface area contributed by atoms with E-state index in [-0.39, 0.29) is 5.75 Å². The summed E-state index contributed by atoms with van der Waals surface area (Å²) in [6, 6.07) is 1.28. The van der Waals surface area contributed by atoms with Crippen LogP contribution in [-0.4, -0.2) is 43.5 Å². The third-order valence-corrected chi connectivity index (χ3v) is 4.92. The summed E-state index contributed by atoms with van der Waals surface area (Å²) in [4.78, 5) is 10.1. The lowest BCUT2D eigenvalue weighted by atomic mass is 10.2. The van der Waals surface area contributed by atoms with E-state index >= 15 is 0 Å². The molecular formula is C13H16F3NO5S. The van der Waals surface area contributed by atoms with Crippen molar-refractivity contribution in [3.8, 4) is 5.75 Å². The number of hydrogen-bond acceptors (Lipinski definition) is 4. The van der Waals surface area contributed by atoms with Gasteiger partial charge in [0.05, 0.1) is 17.6 Å². The molecule has 0 radical (unpaired) electrons. The van der Waals surface area contributed by atoms with Gasteiger partial charge in [0.1, 0.15) is 12.3 Å². The van der Waals surface area contributed by atoms with Gasteiger partial charge in [0.2, 0.25) is 10.0 Å². The van der Waals surface area contributed by atoms with Crippen molar-refractivity contribution >= 4 is 16.0 Å². The Labute approximate surface area is 131 Å². The van der Waals surface area contributed by atoms with Gasteiger partial charge >= 0.3 is 12.1 Å². The molecule has 0 amide bonds. The first-order valence-electron chi connectivity index (χ1n) is 6.39. The highest BCUT2D eigenvalue weighted by Crippen LogP contribution is 2.34.